The normalized spacial score (nSPS) is 13.3. The van der Waals surface area contributed by atoms with Gasteiger partial charge in [0.2, 0.25) is 12.3 Å². The van der Waals surface area contributed by atoms with Crippen LogP contribution in [-0.2, 0) is 19.1 Å². The van der Waals surface area contributed by atoms with Crippen molar-refractivity contribution in [3.63, 3.8) is 0 Å². The van der Waals surface area contributed by atoms with Gasteiger partial charge in [0.05, 0.1) is 31.1 Å². The minimum Gasteiger partial charge on any atom is -0.481 e. The van der Waals surface area contributed by atoms with Gasteiger partial charge in [-0.25, -0.2) is 0 Å². The molecule has 200 valence electrons. The molecular formula is C24H34N8O5. The number of nitrogens with zero attached hydrogens (tertiary/aromatic N) is 1. The molecule has 2 amide bonds. The van der Waals surface area contributed by atoms with Crippen LogP contribution in [0.1, 0.15) is 26.3 Å². The van der Waals surface area contributed by atoms with Crippen molar-refractivity contribution in [3.05, 3.63) is 53.9 Å². The van der Waals surface area contributed by atoms with Crippen LogP contribution in [0.5, 0.6) is 0 Å². The number of benzene rings is 1. The fourth-order valence-corrected chi connectivity index (χ4v) is 2.99. The molecule has 13 nitrogen and oxygen atoms in total. The third-order valence-corrected chi connectivity index (χ3v) is 4.82. The van der Waals surface area contributed by atoms with E-state index in [1.54, 1.807) is 38.1 Å². The van der Waals surface area contributed by atoms with Crippen molar-refractivity contribution in [1.29, 1.82) is 21.6 Å². The highest BCUT2D eigenvalue weighted by molar-refractivity contribution is 5.98. The minimum absolute atomic E-state index is 0.0630. The van der Waals surface area contributed by atoms with E-state index in [9.17, 15) is 14.7 Å². The second-order valence-electron chi connectivity index (χ2n) is 8.42. The zero-order chi connectivity index (χ0) is 28.2. The Hall–Kier alpha value is -4.36. The van der Waals surface area contributed by atoms with Crippen LogP contribution in [0.2, 0.25) is 0 Å². The summed E-state index contributed by atoms with van der Waals surface area (Å²) in [4.78, 5) is 25.1. The second-order valence-corrected chi connectivity index (χ2v) is 8.42. The summed E-state index contributed by atoms with van der Waals surface area (Å²) in [5.74, 6) is -1.17. The van der Waals surface area contributed by atoms with Crippen LogP contribution in [0.25, 0.3) is 0 Å². The predicted molar refractivity (Wildman–Crippen MR) is 141 cm³/mol. The van der Waals surface area contributed by atoms with Crippen LogP contribution in [0, 0.1) is 21.6 Å². The van der Waals surface area contributed by atoms with Crippen molar-refractivity contribution in [2.75, 3.05) is 19.0 Å². The van der Waals surface area contributed by atoms with Crippen molar-refractivity contribution in [3.8, 4) is 0 Å². The Morgan fingerprint density at radius 3 is 2.38 bits per heavy atom. The second kappa shape index (κ2) is 14.3. The number of carbonyl (C=O) groups is 2. The quantitative estimate of drug-likeness (QED) is 0.103. The third-order valence-electron chi connectivity index (χ3n) is 4.82. The number of allylic oxidation sites excluding steroid dienone is 1. The molecule has 0 aromatic heterocycles. The number of carbonyl (C=O) groups excluding carboxylic acids is 2. The molecule has 0 spiro atoms. The van der Waals surface area contributed by atoms with Gasteiger partial charge in [0.1, 0.15) is 11.7 Å². The summed E-state index contributed by atoms with van der Waals surface area (Å²) >= 11 is 0. The van der Waals surface area contributed by atoms with Gasteiger partial charge in [0, 0.05) is 29.7 Å². The molecule has 37 heavy (non-hydrogen) atoms. The zero-order valence-corrected chi connectivity index (χ0v) is 21.2. The van der Waals surface area contributed by atoms with E-state index in [4.69, 9.17) is 36.8 Å². The van der Waals surface area contributed by atoms with E-state index in [1.165, 1.54) is 32.4 Å². The van der Waals surface area contributed by atoms with Crippen molar-refractivity contribution in [2.45, 2.75) is 38.6 Å². The number of amides is 2. The Bertz CT molecular complexity index is 1070. The topological polar surface area (TPSA) is 222 Å². The van der Waals surface area contributed by atoms with Gasteiger partial charge in [0.25, 0.3) is 5.91 Å². The third kappa shape index (κ3) is 10.4. The molecule has 0 saturated carbocycles. The van der Waals surface area contributed by atoms with Gasteiger partial charge < -0.3 is 36.4 Å². The van der Waals surface area contributed by atoms with Gasteiger partial charge in [-0.05, 0) is 51.1 Å². The average molecular weight is 515 g/mol. The largest absolute Gasteiger partial charge is 0.481 e. The van der Waals surface area contributed by atoms with E-state index in [0.717, 1.165) is 11.1 Å². The number of anilines is 1. The van der Waals surface area contributed by atoms with Crippen LogP contribution in [0.3, 0.4) is 0 Å². The van der Waals surface area contributed by atoms with Crippen LogP contribution in [0.15, 0.2) is 48.3 Å². The predicted octanol–water partition coefficient (Wildman–Crippen LogP) is 1.15. The number of nitrogens with one attached hydrogen (secondary N) is 6. The zero-order valence-electron chi connectivity index (χ0n) is 21.2. The van der Waals surface area contributed by atoms with Gasteiger partial charge in [-0.1, -0.05) is 0 Å². The Morgan fingerprint density at radius 2 is 1.86 bits per heavy atom. The highest BCUT2D eigenvalue weighted by atomic mass is 16.5. The maximum Gasteiger partial charge on any atom is 0.255 e. The molecule has 1 aromatic rings. The fourth-order valence-electron chi connectivity index (χ4n) is 2.99. The summed E-state index contributed by atoms with van der Waals surface area (Å²) in [6.45, 7) is 4.74. The minimum atomic E-state index is -1.53. The Balaban J connectivity index is 2.73. The van der Waals surface area contributed by atoms with E-state index in [2.05, 4.69) is 10.6 Å². The molecular weight excluding hydrogens is 480 g/mol. The van der Waals surface area contributed by atoms with Crippen molar-refractivity contribution < 1.29 is 24.2 Å². The lowest BCUT2D eigenvalue weighted by molar-refractivity contribution is -0.146. The smallest absolute Gasteiger partial charge is 0.255 e. The van der Waals surface area contributed by atoms with Crippen molar-refractivity contribution in [2.24, 2.45) is 5.73 Å². The maximum absolute atomic E-state index is 12.5. The van der Waals surface area contributed by atoms with E-state index in [-0.39, 0.29) is 29.8 Å². The number of nitrogens with two attached hydrogens (primary N) is 1. The number of rotatable bonds is 14. The summed E-state index contributed by atoms with van der Waals surface area (Å²) in [5, 5.41) is 46.0. The Kier molecular flexibility index (Phi) is 11.8. The summed E-state index contributed by atoms with van der Waals surface area (Å²) in [6, 6.07) is 6.23. The molecule has 0 bridgehead atoms. The van der Waals surface area contributed by atoms with E-state index < -0.39 is 23.7 Å². The van der Waals surface area contributed by atoms with Crippen LogP contribution < -0.4 is 16.4 Å². The summed E-state index contributed by atoms with van der Waals surface area (Å²) in [6.07, 6.45) is 2.79. The van der Waals surface area contributed by atoms with Gasteiger partial charge >= 0.3 is 0 Å². The molecule has 0 fully saturated rings. The number of nitrogen functional groups attached to an aromatic ring is 1. The highest BCUT2D eigenvalue weighted by Gasteiger charge is 2.31. The van der Waals surface area contributed by atoms with E-state index in [1.807, 2.05) is 0 Å². The molecule has 0 aliphatic rings. The number of hydrogen-bond acceptors (Lipinski definition) is 10. The molecule has 2 atom stereocenters. The van der Waals surface area contributed by atoms with Gasteiger partial charge in [-0.2, -0.15) is 0 Å². The van der Waals surface area contributed by atoms with Gasteiger partial charge in [0.15, 0.2) is 6.10 Å². The first kappa shape index (κ1) is 30.7. The lowest BCUT2D eigenvalue weighted by Crippen LogP contribution is -2.48. The van der Waals surface area contributed by atoms with E-state index in [0.29, 0.717) is 17.7 Å². The van der Waals surface area contributed by atoms with E-state index >= 15 is 0 Å². The molecule has 1 aromatic carbocycles. The summed E-state index contributed by atoms with van der Waals surface area (Å²) < 4.78 is 10.5. The Morgan fingerprint density at radius 1 is 1.24 bits per heavy atom. The van der Waals surface area contributed by atoms with Crippen molar-refractivity contribution >= 4 is 41.8 Å². The summed E-state index contributed by atoms with van der Waals surface area (Å²) in [5.41, 5.74) is 5.49. The van der Waals surface area contributed by atoms with Crippen molar-refractivity contribution in [1.82, 2.24) is 10.2 Å². The number of hydrogen-bond donors (Lipinski definition) is 8. The molecule has 0 aliphatic carbocycles. The molecule has 0 aliphatic heterocycles. The first-order valence-corrected chi connectivity index (χ1v) is 11.0. The molecule has 0 radical (unpaired) electrons. The number of ether oxygens (including phenoxy) is 2. The highest BCUT2D eigenvalue weighted by Crippen LogP contribution is 2.18. The average Bonchev–Trinajstić information content (AvgIpc) is 2.85. The van der Waals surface area contributed by atoms with Crippen LogP contribution in [-0.4, -0.2) is 77.6 Å². The number of aliphatic hydroxyl groups is 1. The molecule has 13 heteroatoms. The molecule has 0 saturated heterocycles. The monoisotopic (exact) mass is 514 g/mol. The first-order chi connectivity index (χ1) is 17.3. The molecule has 0 heterocycles. The lowest BCUT2D eigenvalue weighted by Gasteiger charge is -2.34. The Labute approximate surface area is 215 Å². The standard InChI is InChI=1S/C24H34N8O5/c1-15(21(34)23(35)31-17-7-5-16(6-8-17)22(28)29)37-24(2,3)13-32(14-33)19(26)9-10-30-18(12-25)11-20(27)36-4/h5-12,14-15,21,25-27,30,34H,13H2,1-4H3,(H3,28,29)(H,31,35)/b10-9-,18-11+,25-12?,26-19?,27-20?. The first-order valence-electron chi connectivity index (χ1n) is 11.0. The number of methoxy groups -OCH3 is 1. The van der Waals surface area contributed by atoms with Gasteiger partial charge in [-0.15, -0.1) is 0 Å². The fraction of sp³-hybridized carbons (Fsp3) is 0.333. The molecule has 9 N–H and O–H groups in total. The molecule has 2 unspecified atom stereocenters. The summed E-state index contributed by atoms with van der Waals surface area (Å²) in [7, 11) is 1.32. The number of amidine groups is 2. The SMILES string of the molecule is COC(=N)/C=C(\C=N)N/C=C\C(=N)N(C=O)CC(C)(C)OC(C)C(O)C(=O)Nc1ccc(C(=N)N)cc1. The van der Waals surface area contributed by atoms with Crippen LogP contribution in [0.4, 0.5) is 5.69 Å². The molecule has 1 rings (SSSR count). The number of aliphatic hydroxyl groups excluding tert-OH is 1. The maximum atomic E-state index is 12.5. The van der Waals surface area contributed by atoms with Gasteiger partial charge in [-0.3, -0.25) is 30.7 Å². The van der Waals surface area contributed by atoms with Crippen LogP contribution >= 0.6 is 0 Å². The lowest BCUT2D eigenvalue weighted by atomic mass is 10.1.